The summed E-state index contributed by atoms with van der Waals surface area (Å²) < 4.78 is 3.19. The minimum atomic E-state index is -2.39. The fourth-order valence-corrected chi connectivity index (χ4v) is 17.0. The number of hydrogen-bond acceptors (Lipinski definition) is 6. The van der Waals surface area contributed by atoms with E-state index < -0.39 is 13.3 Å². The molecule has 0 spiro atoms. The van der Waals surface area contributed by atoms with Crippen molar-refractivity contribution in [2.24, 2.45) is 0 Å². The Morgan fingerprint density at radius 1 is 0.636 bits per heavy atom. The number of para-hydroxylation sites is 2. The van der Waals surface area contributed by atoms with Gasteiger partial charge in [-0.05, 0) is 0 Å². The van der Waals surface area contributed by atoms with Gasteiger partial charge in [0.1, 0.15) is 0 Å². The molecule has 0 aliphatic carbocycles. The second kappa shape index (κ2) is 7.03. The molecule has 0 unspecified atom stereocenters. The molecule has 0 saturated carbocycles. The number of hydrogen-bond donors (Lipinski definition) is 0. The fraction of sp³-hybridized carbons (Fsp3) is 0.0769. The molecule has 6 aromatic rings. The van der Waals surface area contributed by atoms with E-state index in [2.05, 4.69) is 67.8 Å². The van der Waals surface area contributed by atoms with Crippen LogP contribution in [0.15, 0.2) is 73.3 Å². The molecule has 0 radical (unpaired) electrons. The summed E-state index contributed by atoms with van der Waals surface area (Å²) in [7, 11) is 0. The van der Waals surface area contributed by atoms with Crippen molar-refractivity contribution in [1.29, 1.82) is 0 Å². The average molecular weight is 523 g/mol. The van der Waals surface area contributed by atoms with E-state index in [-0.39, 0.29) is 0 Å². The molecule has 0 bridgehead atoms. The first kappa shape index (κ1) is 19.5. The van der Waals surface area contributed by atoms with E-state index in [1.54, 1.807) is 32.9 Å². The molecule has 33 heavy (non-hydrogen) atoms. The monoisotopic (exact) mass is 524 g/mol. The fourth-order valence-electron chi connectivity index (χ4n) is 4.85. The Labute approximate surface area is 201 Å². The topological polar surface area (TPSA) is 51.6 Å². The Bertz CT molecular complexity index is 1580. The second-order valence-corrected chi connectivity index (χ2v) is 20.7. The Kier molecular flexibility index (Phi) is 4.16. The van der Waals surface area contributed by atoms with Crippen LogP contribution in [0, 0.1) is 0 Å². The minimum absolute atomic E-state index is 0.944. The number of nitrogens with zero attached hydrogens (tertiary/aromatic N) is 4. The van der Waals surface area contributed by atoms with Crippen LogP contribution in [-0.2, 0) is 0 Å². The number of aromatic nitrogens is 4. The Morgan fingerprint density at radius 3 is 1.85 bits per heavy atom. The normalized spacial score (nSPS) is 14.0. The summed E-state index contributed by atoms with van der Waals surface area (Å²) in [5.74, 6) is 5.04. The van der Waals surface area contributed by atoms with Crippen molar-refractivity contribution in [3.63, 3.8) is 0 Å². The van der Waals surface area contributed by atoms with Gasteiger partial charge in [-0.15, -0.1) is 0 Å². The summed E-state index contributed by atoms with van der Waals surface area (Å²) >= 11 is 1.48. The molecule has 0 fully saturated rings. The molecular formula is C26H18GeN4S2. The third-order valence-corrected chi connectivity index (χ3v) is 18.9. The van der Waals surface area contributed by atoms with E-state index in [1.807, 2.05) is 34.8 Å². The van der Waals surface area contributed by atoms with Crippen LogP contribution in [0.1, 0.15) is 0 Å². The zero-order chi connectivity index (χ0) is 22.2. The standard InChI is InChI=1S/C26H18GeN4S2/c1-27(2)18-14-22(16-6-4-8-20-24(16)31-12-10-29-20)32-25(18)17-13-21(33-26(17)27)15-5-3-7-19-23(15)30-11-9-28-19/h3-14H,1-2H3. The summed E-state index contributed by atoms with van der Waals surface area (Å²) in [6.07, 6.45) is 7.09. The molecule has 7 heteroatoms. The van der Waals surface area contributed by atoms with Gasteiger partial charge in [0.25, 0.3) is 0 Å². The number of benzene rings is 2. The van der Waals surface area contributed by atoms with Crippen LogP contribution in [0.3, 0.4) is 0 Å². The summed E-state index contributed by atoms with van der Waals surface area (Å²) in [4.78, 5) is 22.3. The molecule has 0 saturated heterocycles. The van der Waals surface area contributed by atoms with E-state index in [0.717, 1.165) is 22.1 Å². The summed E-state index contributed by atoms with van der Waals surface area (Å²) in [5.41, 5.74) is 7.64. The molecule has 4 aromatic heterocycles. The van der Waals surface area contributed by atoms with Gasteiger partial charge in [-0.1, -0.05) is 0 Å². The van der Waals surface area contributed by atoms with Crippen molar-refractivity contribution in [3.8, 4) is 31.3 Å². The number of rotatable bonds is 2. The molecule has 5 heterocycles. The predicted octanol–water partition coefficient (Wildman–Crippen LogP) is 5.83. The van der Waals surface area contributed by atoms with Gasteiger partial charge in [0.2, 0.25) is 0 Å². The van der Waals surface area contributed by atoms with Crippen molar-refractivity contribution < 1.29 is 0 Å². The van der Waals surface area contributed by atoms with Gasteiger partial charge in [-0.25, -0.2) is 0 Å². The van der Waals surface area contributed by atoms with Crippen molar-refractivity contribution in [2.75, 3.05) is 0 Å². The maximum atomic E-state index is 4.64. The van der Waals surface area contributed by atoms with E-state index in [4.69, 9.17) is 0 Å². The zero-order valence-electron chi connectivity index (χ0n) is 18.0. The van der Waals surface area contributed by atoms with Crippen molar-refractivity contribution in [1.82, 2.24) is 19.9 Å². The quantitative estimate of drug-likeness (QED) is 0.268. The predicted molar refractivity (Wildman–Crippen MR) is 141 cm³/mol. The van der Waals surface area contributed by atoms with Crippen LogP contribution >= 0.6 is 22.7 Å². The average Bonchev–Trinajstić information content (AvgIpc) is 3.52. The molecule has 0 atom stereocenters. The van der Waals surface area contributed by atoms with Crippen molar-refractivity contribution in [2.45, 2.75) is 11.5 Å². The van der Waals surface area contributed by atoms with Crippen molar-refractivity contribution in [3.05, 3.63) is 73.3 Å². The first-order chi connectivity index (χ1) is 16.1. The van der Waals surface area contributed by atoms with Crippen LogP contribution < -0.4 is 8.11 Å². The van der Waals surface area contributed by atoms with E-state index in [0.29, 0.717) is 0 Å². The van der Waals surface area contributed by atoms with Gasteiger partial charge in [-0.2, -0.15) is 0 Å². The van der Waals surface area contributed by atoms with Crippen LogP contribution in [0.2, 0.25) is 11.5 Å². The molecule has 1 aliphatic rings. The molecule has 0 amide bonds. The molecule has 2 aromatic carbocycles. The summed E-state index contributed by atoms with van der Waals surface area (Å²) in [6.45, 7) is 0. The molecule has 4 nitrogen and oxygen atoms in total. The van der Waals surface area contributed by atoms with E-state index in [1.165, 1.54) is 31.3 Å². The Hall–Kier alpha value is -2.94. The second-order valence-electron chi connectivity index (χ2n) is 8.79. The number of thiophene rings is 2. The molecule has 1 aliphatic heterocycles. The SMILES string of the molecule is [CH3][Ge]1([CH3])[c]2cc(-c3cccc4nccnc34)sc2-c2cc(-c3cccc4nccnc34)s[c]21. The van der Waals surface area contributed by atoms with Gasteiger partial charge in [0.05, 0.1) is 0 Å². The van der Waals surface area contributed by atoms with Crippen LogP contribution in [0.25, 0.3) is 53.4 Å². The Balaban J connectivity index is 1.41. The van der Waals surface area contributed by atoms with Gasteiger partial charge in [0.15, 0.2) is 0 Å². The first-order valence-electron chi connectivity index (χ1n) is 10.8. The van der Waals surface area contributed by atoms with Gasteiger partial charge < -0.3 is 0 Å². The van der Waals surface area contributed by atoms with Crippen LogP contribution in [-0.4, -0.2) is 33.2 Å². The first-order valence-corrected chi connectivity index (χ1v) is 18.7. The van der Waals surface area contributed by atoms with Crippen molar-refractivity contribution >= 4 is 66.1 Å². The van der Waals surface area contributed by atoms with Crippen LogP contribution in [0.5, 0.6) is 0 Å². The molecule has 0 N–H and O–H groups in total. The van der Waals surface area contributed by atoms with E-state index >= 15 is 0 Å². The molecule has 7 rings (SSSR count). The third-order valence-electron chi connectivity index (χ3n) is 6.48. The summed E-state index contributed by atoms with van der Waals surface area (Å²) in [6, 6.07) is 17.4. The molecular weight excluding hydrogens is 505 g/mol. The Morgan fingerprint density at radius 2 is 1.21 bits per heavy atom. The summed E-state index contributed by atoms with van der Waals surface area (Å²) in [5, 5.41) is 0. The van der Waals surface area contributed by atoms with E-state index in [9.17, 15) is 0 Å². The maximum absolute atomic E-state index is 4.64. The zero-order valence-corrected chi connectivity index (χ0v) is 21.8. The van der Waals surface area contributed by atoms with Crippen LogP contribution in [0.4, 0.5) is 0 Å². The van der Waals surface area contributed by atoms with Gasteiger partial charge in [0, 0.05) is 0 Å². The number of fused-ring (bicyclic) bond motifs is 5. The van der Waals surface area contributed by atoms with Gasteiger partial charge in [-0.3, -0.25) is 0 Å². The molecule has 158 valence electrons. The third kappa shape index (κ3) is 2.81. The van der Waals surface area contributed by atoms with Gasteiger partial charge >= 0.3 is 202 Å².